The molecule has 9 heteroatoms. The highest BCUT2D eigenvalue weighted by atomic mass is 127. The van der Waals surface area contributed by atoms with E-state index in [1.54, 1.807) is 12.1 Å². The summed E-state index contributed by atoms with van der Waals surface area (Å²) in [5.41, 5.74) is 1.33. The van der Waals surface area contributed by atoms with Crippen LogP contribution in [0.15, 0.2) is 18.2 Å². The van der Waals surface area contributed by atoms with Crippen LogP contribution in [-0.2, 0) is 6.42 Å². The lowest BCUT2D eigenvalue weighted by atomic mass is 9.85. The standard InChI is InChI=1S/C24H32FIN4O2S/c1-5-27-10-7-11-30(6-2)23(32)19-16-13-24(3,4)14-28-21(31)20(16)33-22(19)29-18-9-8-15(26)12-17(18)25/h8-9,12,27,29H,5-7,10-11,13-14H2,1-4H3,(H,28,31). The van der Waals surface area contributed by atoms with E-state index < -0.39 is 5.82 Å². The molecule has 2 heterocycles. The third-order valence-corrected chi connectivity index (χ3v) is 7.51. The molecule has 0 spiro atoms. The molecule has 1 aliphatic heterocycles. The van der Waals surface area contributed by atoms with E-state index in [1.807, 2.05) is 11.8 Å². The van der Waals surface area contributed by atoms with E-state index in [4.69, 9.17) is 0 Å². The van der Waals surface area contributed by atoms with Crippen LogP contribution < -0.4 is 16.0 Å². The van der Waals surface area contributed by atoms with Crippen molar-refractivity contribution in [2.24, 2.45) is 5.41 Å². The van der Waals surface area contributed by atoms with Crippen molar-refractivity contribution in [2.45, 2.75) is 40.5 Å². The van der Waals surface area contributed by atoms with Crippen LogP contribution in [0.4, 0.5) is 15.1 Å². The number of fused-ring (bicyclic) bond motifs is 1. The average molecular weight is 587 g/mol. The Morgan fingerprint density at radius 1 is 1.33 bits per heavy atom. The van der Waals surface area contributed by atoms with Crippen LogP contribution in [0.25, 0.3) is 0 Å². The fraction of sp³-hybridized carbons (Fsp3) is 0.500. The Kier molecular flexibility index (Phi) is 8.74. The normalized spacial score (nSPS) is 14.9. The van der Waals surface area contributed by atoms with Crippen molar-refractivity contribution in [3.63, 3.8) is 0 Å². The lowest BCUT2D eigenvalue weighted by molar-refractivity contribution is 0.0762. The van der Waals surface area contributed by atoms with Gasteiger partial charge in [0.15, 0.2) is 0 Å². The van der Waals surface area contributed by atoms with E-state index in [0.717, 1.165) is 28.6 Å². The maximum Gasteiger partial charge on any atom is 0.261 e. The van der Waals surface area contributed by atoms with Gasteiger partial charge < -0.3 is 20.9 Å². The molecule has 0 atom stereocenters. The van der Waals surface area contributed by atoms with Gasteiger partial charge in [-0.05, 0) is 84.6 Å². The van der Waals surface area contributed by atoms with Crippen LogP contribution in [0, 0.1) is 14.8 Å². The first-order chi connectivity index (χ1) is 15.7. The molecule has 1 aromatic carbocycles. The molecule has 0 radical (unpaired) electrons. The highest BCUT2D eigenvalue weighted by molar-refractivity contribution is 14.1. The third-order valence-electron chi connectivity index (χ3n) is 5.69. The van der Waals surface area contributed by atoms with Gasteiger partial charge in [0.05, 0.1) is 16.1 Å². The number of carbonyl (C=O) groups is 2. The monoisotopic (exact) mass is 586 g/mol. The van der Waals surface area contributed by atoms with Gasteiger partial charge in [-0.2, -0.15) is 0 Å². The van der Waals surface area contributed by atoms with Crippen molar-refractivity contribution in [3.8, 4) is 0 Å². The maximum atomic E-state index is 14.6. The zero-order valence-electron chi connectivity index (χ0n) is 19.6. The number of rotatable bonds is 9. The highest BCUT2D eigenvalue weighted by Crippen LogP contribution is 2.41. The first-order valence-electron chi connectivity index (χ1n) is 11.3. The number of carbonyl (C=O) groups excluding carboxylic acids is 2. The number of thiophene rings is 1. The summed E-state index contributed by atoms with van der Waals surface area (Å²) in [5.74, 6) is -0.696. The first kappa shape index (κ1) is 25.9. The van der Waals surface area contributed by atoms with Crippen molar-refractivity contribution in [1.82, 2.24) is 15.5 Å². The van der Waals surface area contributed by atoms with Gasteiger partial charge in [-0.15, -0.1) is 11.3 Å². The second kappa shape index (κ2) is 11.1. The molecule has 0 aliphatic carbocycles. The molecular weight excluding hydrogens is 554 g/mol. The highest BCUT2D eigenvalue weighted by Gasteiger charge is 2.35. The quantitative estimate of drug-likeness (QED) is 0.286. The van der Waals surface area contributed by atoms with Crippen LogP contribution in [0.2, 0.25) is 0 Å². The molecule has 3 N–H and O–H groups in total. The smallest absolute Gasteiger partial charge is 0.261 e. The molecule has 6 nitrogen and oxygen atoms in total. The third kappa shape index (κ3) is 6.24. The fourth-order valence-electron chi connectivity index (χ4n) is 3.92. The molecular formula is C24H32FIN4O2S. The van der Waals surface area contributed by atoms with Crippen molar-refractivity contribution in [2.75, 3.05) is 38.0 Å². The van der Waals surface area contributed by atoms with Gasteiger partial charge in [-0.25, -0.2) is 4.39 Å². The predicted molar refractivity (Wildman–Crippen MR) is 141 cm³/mol. The van der Waals surface area contributed by atoms with Gasteiger partial charge >= 0.3 is 0 Å². The number of amides is 2. The molecule has 0 saturated heterocycles. The minimum atomic E-state index is -0.397. The predicted octanol–water partition coefficient (Wildman–Crippen LogP) is 5.01. The summed E-state index contributed by atoms with van der Waals surface area (Å²) in [6, 6.07) is 4.91. The topological polar surface area (TPSA) is 73.5 Å². The summed E-state index contributed by atoms with van der Waals surface area (Å²) in [6.45, 7) is 11.6. The van der Waals surface area contributed by atoms with Crippen molar-refractivity contribution >= 4 is 56.4 Å². The first-order valence-corrected chi connectivity index (χ1v) is 13.2. The molecule has 0 bridgehead atoms. The van der Waals surface area contributed by atoms with Crippen LogP contribution in [0.3, 0.4) is 0 Å². The molecule has 2 amide bonds. The van der Waals surface area contributed by atoms with E-state index in [0.29, 0.717) is 41.5 Å². The summed E-state index contributed by atoms with van der Waals surface area (Å²) in [7, 11) is 0. The molecule has 33 heavy (non-hydrogen) atoms. The second-order valence-electron chi connectivity index (χ2n) is 8.98. The van der Waals surface area contributed by atoms with Crippen molar-refractivity contribution in [1.29, 1.82) is 0 Å². The second-order valence-corrected chi connectivity index (χ2v) is 11.2. The Labute approximate surface area is 212 Å². The molecule has 2 aromatic rings. The zero-order valence-corrected chi connectivity index (χ0v) is 22.6. The summed E-state index contributed by atoms with van der Waals surface area (Å²) in [4.78, 5) is 29.0. The van der Waals surface area contributed by atoms with Gasteiger partial charge in [0.25, 0.3) is 11.8 Å². The van der Waals surface area contributed by atoms with Crippen molar-refractivity contribution < 1.29 is 14.0 Å². The van der Waals surface area contributed by atoms with E-state index in [2.05, 4.69) is 59.3 Å². The Balaban J connectivity index is 2.04. The minimum absolute atomic E-state index is 0.120. The number of benzene rings is 1. The Morgan fingerprint density at radius 2 is 2.09 bits per heavy atom. The maximum absolute atomic E-state index is 14.6. The minimum Gasteiger partial charge on any atom is -0.351 e. The number of hydrogen-bond donors (Lipinski definition) is 3. The van der Waals surface area contributed by atoms with E-state index in [9.17, 15) is 14.0 Å². The van der Waals surface area contributed by atoms with Gasteiger partial charge in [0.2, 0.25) is 0 Å². The number of nitrogens with one attached hydrogen (secondary N) is 3. The van der Waals surface area contributed by atoms with Crippen LogP contribution in [-0.4, -0.2) is 49.4 Å². The van der Waals surface area contributed by atoms with Gasteiger partial charge in [0, 0.05) is 23.2 Å². The van der Waals surface area contributed by atoms with E-state index in [-0.39, 0.29) is 22.9 Å². The summed E-state index contributed by atoms with van der Waals surface area (Å²) in [6.07, 6.45) is 1.42. The summed E-state index contributed by atoms with van der Waals surface area (Å²) >= 11 is 3.29. The van der Waals surface area contributed by atoms with Gasteiger partial charge in [-0.3, -0.25) is 9.59 Å². The Hall–Kier alpha value is -1.72. The van der Waals surface area contributed by atoms with Crippen LogP contribution >= 0.6 is 33.9 Å². The Bertz CT molecular complexity index is 1020. The molecule has 3 rings (SSSR count). The van der Waals surface area contributed by atoms with E-state index >= 15 is 0 Å². The van der Waals surface area contributed by atoms with Crippen molar-refractivity contribution in [3.05, 3.63) is 43.6 Å². The Morgan fingerprint density at radius 3 is 2.76 bits per heavy atom. The van der Waals surface area contributed by atoms with Gasteiger partial charge in [-0.1, -0.05) is 20.8 Å². The lowest BCUT2D eigenvalue weighted by Crippen LogP contribution is -2.34. The molecule has 1 aromatic heterocycles. The molecule has 180 valence electrons. The van der Waals surface area contributed by atoms with Gasteiger partial charge in [0.1, 0.15) is 10.8 Å². The summed E-state index contributed by atoms with van der Waals surface area (Å²) in [5, 5.41) is 9.91. The molecule has 0 unspecified atom stereocenters. The molecule has 0 saturated carbocycles. The van der Waals surface area contributed by atoms with Crippen LogP contribution in [0.5, 0.6) is 0 Å². The number of anilines is 2. The van der Waals surface area contributed by atoms with E-state index in [1.165, 1.54) is 17.4 Å². The number of nitrogens with zero attached hydrogens (tertiary/aromatic N) is 1. The van der Waals surface area contributed by atoms with Crippen LogP contribution in [0.1, 0.15) is 59.7 Å². The molecule has 0 fully saturated rings. The zero-order chi connectivity index (χ0) is 24.2. The largest absolute Gasteiger partial charge is 0.351 e. The SMILES string of the molecule is CCNCCCN(CC)C(=O)c1c(Nc2ccc(I)cc2F)sc2c1CC(C)(C)CNC2=O. The summed E-state index contributed by atoms with van der Waals surface area (Å²) < 4.78 is 15.4. The lowest BCUT2D eigenvalue weighted by Gasteiger charge is -2.25. The fourth-order valence-corrected chi connectivity index (χ4v) is 5.51. The average Bonchev–Trinajstić information content (AvgIpc) is 3.05. The number of halogens is 2. The molecule has 1 aliphatic rings. The number of hydrogen-bond acceptors (Lipinski definition) is 5.